The minimum Gasteiger partial charge on any atom is -0.333 e. The zero-order valence-electron chi connectivity index (χ0n) is 11.6. The molecule has 0 aliphatic heterocycles. The Hall–Kier alpha value is -1.75. The Bertz CT molecular complexity index is 532. The fourth-order valence-corrected chi connectivity index (χ4v) is 2.14. The first-order chi connectivity index (χ1) is 9.69. The second-order valence-corrected chi connectivity index (χ2v) is 4.78. The minimum absolute atomic E-state index is 0.527. The van der Waals surface area contributed by atoms with Crippen molar-refractivity contribution < 1.29 is 8.78 Å². The van der Waals surface area contributed by atoms with Crippen LogP contribution in [0, 0.1) is 11.6 Å². The lowest BCUT2D eigenvalue weighted by atomic mass is 10.1. The maximum atomic E-state index is 13.0. The van der Waals surface area contributed by atoms with Gasteiger partial charge in [0.2, 0.25) is 0 Å². The molecule has 1 N–H and O–H groups in total. The molecule has 0 radical (unpaired) electrons. The Morgan fingerprint density at radius 1 is 1.20 bits per heavy atom. The van der Waals surface area contributed by atoms with E-state index in [1.807, 2.05) is 12.5 Å². The summed E-state index contributed by atoms with van der Waals surface area (Å²) in [6, 6.07) is 3.62. The van der Waals surface area contributed by atoms with Gasteiger partial charge in [0.1, 0.15) is 11.6 Å². The SMILES string of the molecule is CCCn1cncc1CNCCc1cc(F)cc(F)c1. The Balaban J connectivity index is 1.80. The van der Waals surface area contributed by atoms with Crippen LogP contribution in [0.3, 0.4) is 0 Å². The minimum atomic E-state index is -0.527. The van der Waals surface area contributed by atoms with Crippen LogP contribution in [0.25, 0.3) is 0 Å². The fraction of sp³-hybridized carbons (Fsp3) is 0.400. The predicted molar refractivity (Wildman–Crippen MR) is 74.3 cm³/mol. The van der Waals surface area contributed by atoms with Crippen molar-refractivity contribution in [1.82, 2.24) is 14.9 Å². The highest BCUT2D eigenvalue weighted by molar-refractivity contribution is 5.18. The van der Waals surface area contributed by atoms with Crippen molar-refractivity contribution >= 4 is 0 Å². The van der Waals surface area contributed by atoms with Gasteiger partial charge in [0, 0.05) is 25.4 Å². The fourth-order valence-electron chi connectivity index (χ4n) is 2.14. The number of nitrogens with one attached hydrogen (secondary N) is 1. The van der Waals surface area contributed by atoms with Crippen LogP contribution in [-0.2, 0) is 19.5 Å². The van der Waals surface area contributed by atoms with Gasteiger partial charge in [-0.25, -0.2) is 13.8 Å². The second-order valence-electron chi connectivity index (χ2n) is 4.78. The smallest absolute Gasteiger partial charge is 0.126 e. The highest BCUT2D eigenvalue weighted by atomic mass is 19.1. The summed E-state index contributed by atoms with van der Waals surface area (Å²) in [7, 11) is 0. The summed E-state index contributed by atoms with van der Waals surface area (Å²) in [6.45, 7) is 4.44. The van der Waals surface area contributed by atoms with E-state index in [0.717, 1.165) is 24.7 Å². The Kier molecular flexibility index (Phi) is 5.24. The van der Waals surface area contributed by atoms with Gasteiger partial charge in [0.25, 0.3) is 0 Å². The molecule has 0 bridgehead atoms. The van der Waals surface area contributed by atoms with Crippen LogP contribution in [0.4, 0.5) is 8.78 Å². The summed E-state index contributed by atoms with van der Waals surface area (Å²) >= 11 is 0. The molecular weight excluding hydrogens is 260 g/mol. The molecule has 0 spiro atoms. The van der Waals surface area contributed by atoms with Crippen LogP contribution in [0.2, 0.25) is 0 Å². The molecule has 1 heterocycles. The summed E-state index contributed by atoms with van der Waals surface area (Å²) in [4.78, 5) is 4.12. The Labute approximate surface area is 117 Å². The lowest BCUT2D eigenvalue weighted by molar-refractivity contribution is 0.575. The number of rotatable bonds is 7. The first-order valence-electron chi connectivity index (χ1n) is 6.83. The topological polar surface area (TPSA) is 29.9 Å². The molecule has 0 atom stereocenters. The standard InChI is InChI=1S/C15H19F2N3/c1-2-5-20-11-19-10-15(20)9-18-4-3-12-6-13(16)8-14(17)7-12/h6-8,10-11,18H,2-5,9H2,1H3. The van der Waals surface area contributed by atoms with E-state index in [1.54, 1.807) is 0 Å². The number of nitrogens with zero attached hydrogens (tertiary/aromatic N) is 2. The summed E-state index contributed by atoms with van der Waals surface area (Å²) in [5.41, 5.74) is 1.79. The maximum absolute atomic E-state index is 13.0. The number of hydrogen-bond donors (Lipinski definition) is 1. The van der Waals surface area contributed by atoms with Gasteiger partial charge in [-0.05, 0) is 37.1 Å². The van der Waals surface area contributed by atoms with Crippen molar-refractivity contribution in [3.05, 3.63) is 53.6 Å². The molecule has 0 fully saturated rings. The number of hydrogen-bond acceptors (Lipinski definition) is 2. The Morgan fingerprint density at radius 3 is 2.65 bits per heavy atom. The van der Waals surface area contributed by atoms with E-state index >= 15 is 0 Å². The van der Waals surface area contributed by atoms with Crippen molar-refractivity contribution in [3.8, 4) is 0 Å². The normalized spacial score (nSPS) is 10.9. The van der Waals surface area contributed by atoms with Gasteiger partial charge >= 0.3 is 0 Å². The molecule has 20 heavy (non-hydrogen) atoms. The predicted octanol–water partition coefficient (Wildman–Crippen LogP) is 2.90. The van der Waals surface area contributed by atoms with E-state index in [1.165, 1.54) is 12.1 Å². The number of imidazole rings is 1. The van der Waals surface area contributed by atoms with Crippen molar-refractivity contribution in [2.75, 3.05) is 6.54 Å². The van der Waals surface area contributed by atoms with Crippen molar-refractivity contribution in [2.24, 2.45) is 0 Å². The van der Waals surface area contributed by atoms with Gasteiger partial charge in [-0.3, -0.25) is 0 Å². The van der Waals surface area contributed by atoms with E-state index in [4.69, 9.17) is 0 Å². The summed E-state index contributed by atoms with van der Waals surface area (Å²) in [5, 5.41) is 3.27. The van der Waals surface area contributed by atoms with Gasteiger partial charge in [0.15, 0.2) is 0 Å². The highest BCUT2D eigenvalue weighted by Crippen LogP contribution is 2.08. The lowest BCUT2D eigenvalue weighted by Gasteiger charge is -2.08. The maximum Gasteiger partial charge on any atom is 0.126 e. The van der Waals surface area contributed by atoms with Gasteiger partial charge in [0.05, 0.1) is 12.0 Å². The van der Waals surface area contributed by atoms with Gasteiger partial charge < -0.3 is 9.88 Å². The van der Waals surface area contributed by atoms with Gasteiger partial charge in [-0.1, -0.05) is 6.92 Å². The average molecular weight is 279 g/mol. The first-order valence-corrected chi connectivity index (χ1v) is 6.83. The zero-order chi connectivity index (χ0) is 14.4. The van der Waals surface area contributed by atoms with E-state index in [9.17, 15) is 8.78 Å². The summed E-state index contributed by atoms with van der Waals surface area (Å²) < 4.78 is 28.2. The van der Waals surface area contributed by atoms with E-state index in [-0.39, 0.29) is 0 Å². The number of aryl methyl sites for hydroxylation is 1. The third kappa shape index (κ3) is 4.13. The van der Waals surface area contributed by atoms with Crippen LogP contribution in [0.5, 0.6) is 0 Å². The second kappa shape index (κ2) is 7.14. The van der Waals surface area contributed by atoms with E-state index in [0.29, 0.717) is 25.1 Å². The van der Waals surface area contributed by atoms with E-state index < -0.39 is 11.6 Å². The van der Waals surface area contributed by atoms with Crippen molar-refractivity contribution in [3.63, 3.8) is 0 Å². The van der Waals surface area contributed by atoms with Crippen molar-refractivity contribution in [1.29, 1.82) is 0 Å². The monoisotopic (exact) mass is 279 g/mol. The molecule has 1 aromatic heterocycles. The van der Waals surface area contributed by atoms with E-state index in [2.05, 4.69) is 21.8 Å². The Morgan fingerprint density at radius 2 is 1.95 bits per heavy atom. The highest BCUT2D eigenvalue weighted by Gasteiger charge is 2.02. The van der Waals surface area contributed by atoms with Crippen LogP contribution < -0.4 is 5.32 Å². The van der Waals surface area contributed by atoms with Crippen LogP contribution in [-0.4, -0.2) is 16.1 Å². The molecule has 1 aromatic carbocycles. The molecule has 2 rings (SSSR count). The summed E-state index contributed by atoms with van der Waals surface area (Å²) in [5.74, 6) is -1.05. The molecule has 0 saturated carbocycles. The molecular formula is C15H19F2N3. The molecule has 2 aromatic rings. The van der Waals surface area contributed by atoms with Crippen molar-refractivity contribution in [2.45, 2.75) is 32.9 Å². The van der Waals surface area contributed by atoms with Crippen LogP contribution in [0.1, 0.15) is 24.6 Å². The molecule has 3 nitrogen and oxygen atoms in total. The van der Waals surface area contributed by atoms with Crippen LogP contribution >= 0.6 is 0 Å². The largest absolute Gasteiger partial charge is 0.333 e. The molecule has 0 aliphatic carbocycles. The molecule has 0 amide bonds. The number of benzene rings is 1. The number of halogens is 2. The zero-order valence-corrected chi connectivity index (χ0v) is 11.6. The quantitative estimate of drug-likeness (QED) is 0.790. The first kappa shape index (κ1) is 14.7. The molecule has 0 saturated heterocycles. The average Bonchev–Trinajstić information content (AvgIpc) is 2.82. The molecule has 0 aliphatic rings. The third-order valence-corrected chi connectivity index (χ3v) is 3.08. The van der Waals surface area contributed by atoms with Gasteiger partial charge in [-0.2, -0.15) is 0 Å². The third-order valence-electron chi connectivity index (χ3n) is 3.08. The molecule has 0 unspecified atom stereocenters. The molecule has 108 valence electrons. The summed E-state index contributed by atoms with van der Waals surface area (Å²) in [6.07, 6.45) is 5.31. The molecule has 5 heteroatoms. The van der Waals surface area contributed by atoms with Crippen LogP contribution in [0.15, 0.2) is 30.7 Å². The lowest BCUT2D eigenvalue weighted by Crippen LogP contribution is -2.19. The van der Waals surface area contributed by atoms with Gasteiger partial charge in [-0.15, -0.1) is 0 Å². The number of aromatic nitrogens is 2.